The maximum absolute atomic E-state index is 13.6. The summed E-state index contributed by atoms with van der Waals surface area (Å²) in [7, 11) is 1.55. The van der Waals surface area contributed by atoms with Crippen LogP contribution in [-0.2, 0) is 27.4 Å². The molecule has 0 bridgehead atoms. The molecule has 0 aromatic heterocycles. The number of urea groups is 1. The van der Waals surface area contributed by atoms with E-state index in [-0.39, 0.29) is 19.2 Å². The lowest BCUT2D eigenvalue weighted by Crippen LogP contribution is -2.47. The molecule has 1 atom stereocenters. The van der Waals surface area contributed by atoms with Crippen molar-refractivity contribution in [1.29, 1.82) is 0 Å². The van der Waals surface area contributed by atoms with Crippen LogP contribution in [0.15, 0.2) is 108 Å². The number of methoxy groups -OCH3 is 1. The number of nitrogens with zero attached hydrogens (tertiary/aromatic N) is 1. The number of ether oxygens (including phenoxy) is 3. The first-order valence-electron chi connectivity index (χ1n) is 13.2. The lowest BCUT2D eigenvalue weighted by atomic mass is 9.90. The van der Waals surface area contributed by atoms with Crippen molar-refractivity contribution in [1.82, 2.24) is 10.2 Å². The first-order valence-corrected chi connectivity index (χ1v) is 13.2. The molecule has 1 N–H and O–H groups in total. The second-order valence-electron chi connectivity index (χ2n) is 9.55. The van der Waals surface area contributed by atoms with E-state index in [0.29, 0.717) is 35.7 Å². The highest BCUT2D eigenvalue weighted by molar-refractivity contribution is 5.98. The molecule has 0 saturated carbocycles. The minimum atomic E-state index is -0.786. The number of nitrogens with one attached hydrogen (secondary N) is 1. The second kappa shape index (κ2) is 12.5. The zero-order chi connectivity index (χ0) is 27.9. The van der Waals surface area contributed by atoms with Crippen molar-refractivity contribution in [3.8, 4) is 5.75 Å². The molecule has 204 valence electrons. The summed E-state index contributed by atoms with van der Waals surface area (Å²) >= 11 is 0. The first kappa shape index (κ1) is 27.0. The third-order valence-corrected chi connectivity index (χ3v) is 6.98. The minimum absolute atomic E-state index is 0.0956. The smallest absolute Gasteiger partial charge is 0.338 e. The Morgan fingerprint density at radius 2 is 1.52 bits per heavy atom. The van der Waals surface area contributed by atoms with E-state index in [0.717, 1.165) is 21.9 Å². The molecular weight excluding hydrogens is 504 g/mol. The molecule has 7 heteroatoms. The summed E-state index contributed by atoms with van der Waals surface area (Å²) in [6, 6.07) is 30.2. The van der Waals surface area contributed by atoms with Crippen molar-refractivity contribution >= 4 is 22.8 Å². The summed E-state index contributed by atoms with van der Waals surface area (Å²) < 4.78 is 17.1. The van der Waals surface area contributed by atoms with Crippen LogP contribution in [0.1, 0.15) is 29.7 Å². The van der Waals surface area contributed by atoms with Crippen LogP contribution in [0.3, 0.4) is 0 Å². The van der Waals surface area contributed by atoms with Gasteiger partial charge in [-0.15, -0.1) is 0 Å². The van der Waals surface area contributed by atoms with Crippen LogP contribution < -0.4 is 10.1 Å². The maximum Gasteiger partial charge on any atom is 0.338 e. The summed E-state index contributed by atoms with van der Waals surface area (Å²) in [5, 5.41) is 4.95. The van der Waals surface area contributed by atoms with Crippen molar-refractivity contribution in [3.63, 3.8) is 0 Å². The highest BCUT2D eigenvalue weighted by Gasteiger charge is 2.38. The standard InChI is InChI=1S/C33H32N2O5/c1-23-29(32(36)39-20-19-38-2)31(34-33(37)35(23)21-24-11-5-3-6-12-24)30-27-16-10-9-15-26(27)17-18-28(30)40-22-25-13-7-4-8-14-25/h3-18,31H,19-22H2,1-2H3,(H,34,37). The average molecular weight is 537 g/mol. The highest BCUT2D eigenvalue weighted by atomic mass is 16.6. The normalized spacial score (nSPS) is 15.2. The van der Waals surface area contributed by atoms with Crippen molar-refractivity contribution < 1.29 is 23.8 Å². The van der Waals surface area contributed by atoms with E-state index in [1.54, 1.807) is 18.9 Å². The molecule has 2 amide bonds. The van der Waals surface area contributed by atoms with Gasteiger partial charge in [-0.2, -0.15) is 0 Å². The molecule has 4 aromatic rings. The van der Waals surface area contributed by atoms with Gasteiger partial charge in [-0.1, -0.05) is 91.0 Å². The number of carbonyl (C=O) groups is 2. The van der Waals surface area contributed by atoms with Crippen LogP contribution >= 0.6 is 0 Å². The number of carbonyl (C=O) groups excluding carboxylic acids is 2. The molecule has 0 radical (unpaired) electrons. The largest absolute Gasteiger partial charge is 0.489 e. The van der Waals surface area contributed by atoms with Gasteiger partial charge in [0.25, 0.3) is 0 Å². The van der Waals surface area contributed by atoms with Crippen molar-refractivity contribution in [3.05, 3.63) is 125 Å². The summed E-state index contributed by atoms with van der Waals surface area (Å²) in [6.07, 6.45) is 0. The van der Waals surface area contributed by atoms with E-state index >= 15 is 0 Å². The van der Waals surface area contributed by atoms with Gasteiger partial charge >= 0.3 is 12.0 Å². The molecule has 40 heavy (non-hydrogen) atoms. The average Bonchev–Trinajstić information content (AvgIpc) is 2.98. The SMILES string of the molecule is COCCOC(=O)C1=C(C)N(Cc2ccccc2)C(=O)NC1c1c(OCc2ccccc2)ccc2ccccc12. The Labute approximate surface area is 234 Å². The van der Waals surface area contributed by atoms with Gasteiger partial charge in [0.1, 0.15) is 19.0 Å². The zero-order valence-electron chi connectivity index (χ0n) is 22.6. The Morgan fingerprint density at radius 3 is 2.25 bits per heavy atom. The predicted octanol–water partition coefficient (Wildman–Crippen LogP) is 6.15. The number of allylic oxidation sites excluding steroid dienone is 1. The van der Waals surface area contributed by atoms with Gasteiger partial charge in [0, 0.05) is 18.4 Å². The fourth-order valence-corrected chi connectivity index (χ4v) is 4.95. The lowest BCUT2D eigenvalue weighted by molar-refractivity contribution is -0.140. The third-order valence-electron chi connectivity index (χ3n) is 6.98. The molecule has 7 nitrogen and oxygen atoms in total. The first-order chi connectivity index (χ1) is 19.6. The molecule has 0 saturated heterocycles. The van der Waals surface area contributed by atoms with Gasteiger partial charge < -0.3 is 19.5 Å². The molecule has 4 aromatic carbocycles. The van der Waals surface area contributed by atoms with Crippen LogP contribution in [0.25, 0.3) is 10.8 Å². The van der Waals surface area contributed by atoms with Gasteiger partial charge in [0.2, 0.25) is 0 Å². The number of fused-ring (bicyclic) bond motifs is 1. The Balaban J connectivity index is 1.61. The molecule has 1 unspecified atom stereocenters. The minimum Gasteiger partial charge on any atom is -0.489 e. The number of esters is 1. The maximum atomic E-state index is 13.6. The summed E-state index contributed by atoms with van der Waals surface area (Å²) in [6.45, 7) is 2.80. The number of benzene rings is 4. The van der Waals surface area contributed by atoms with Crippen LogP contribution in [-0.4, -0.2) is 37.2 Å². The molecule has 1 heterocycles. The number of amides is 2. The summed E-state index contributed by atoms with van der Waals surface area (Å²) in [5.74, 6) is 0.0684. The Hall–Kier alpha value is -4.62. The molecule has 0 fully saturated rings. The van der Waals surface area contributed by atoms with Crippen LogP contribution in [0.4, 0.5) is 4.79 Å². The van der Waals surface area contributed by atoms with Crippen molar-refractivity contribution in [2.24, 2.45) is 0 Å². The Morgan fingerprint density at radius 1 is 0.850 bits per heavy atom. The fraction of sp³-hybridized carbons (Fsp3) is 0.212. The monoisotopic (exact) mass is 536 g/mol. The molecular formula is C33H32N2O5. The Bertz CT molecular complexity index is 1520. The van der Waals surface area contributed by atoms with E-state index in [2.05, 4.69) is 5.32 Å². The topological polar surface area (TPSA) is 77.1 Å². The fourth-order valence-electron chi connectivity index (χ4n) is 4.95. The zero-order valence-corrected chi connectivity index (χ0v) is 22.6. The third kappa shape index (κ3) is 5.84. The van der Waals surface area contributed by atoms with E-state index in [4.69, 9.17) is 14.2 Å². The van der Waals surface area contributed by atoms with Crippen LogP contribution in [0.5, 0.6) is 5.75 Å². The van der Waals surface area contributed by atoms with Crippen molar-refractivity contribution in [2.75, 3.05) is 20.3 Å². The number of hydrogen-bond acceptors (Lipinski definition) is 5. The predicted molar refractivity (Wildman–Crippen MR) is 154 cm³/mol. The van der Waals surface area contributed by atoms with Crippen LogP contribution in [0.2, 0.25) is 0 Å². The molecule has 1 aliphatic heterocycles. The van der Waals surface area contributed by atoms with E-state index in [9.17, 15) is 9.59 Å². The lowest BCUT2D eigenvalue weighted by Gasteiger charge is -2.36. The second-order valence-corrected chi connectivity index (χ2v) is 9.55. The van der Waals surface area contributed by atoms with E-state index in [1.807, 2.05) is 97.1 Å². The number of hydrogen-bond donors (Lipinski definition) is 1. The Kier molecular flexibility index (Phi) is 8.42. The molecule has 0 spiro atoms. The highest BCUT2D eigenvalue weighted by Crippen LogP contribution is 2.41. The van der Waals surface area contributed by atoms with Crippen LogP contribution in [0, 0.1) is 0 Å². The van der Waals surface area contributed by atoms with E-state index < -0.39 is 12.0 Å². The van der Waals surface area contributed by atoms with Gasteiger partial charge in [0.05, 0.1) is 24.8 Å². The molecule has 1 aliphatic rings. The summed E-state index contributed by atoms with van der Waals surface area (Å²) in [4.78, 5) is 28.8. The summed E-state index contributed by atoms with van der Waals surface area (Å²) in [5.41, 5.74) is 3.54. The number of rotatable bonds is 10. The quantitative estimate of drug-likeness (QED) is 0.194. The van der Waals surface area contributed by atoms with Gasteiger partial charge in [-0.3, -0.25) is 4.90 Å². The van der Waals surface area contributed by atoms with Crippen molar-refractivity contribution in [2.45, 2.75) is 26.1 Å². The molecule has 0 aliphatic carbocycles. The van der Waals surface area contributed by atoms with E-state index in [1.165, 1.54) is 0 Å². The van der Waals surface area contributed by atoms with Gasteiger partial charge in [-0.25, -0.2) is 9.59 Å². The van der Waals surface area contributed by atoms with Gasteiger partial charge in [-0.05, 0) is 34.9 Å². The van der Waals surface area contributed by atoms with Gasteiger partial charge in [0.15, 0.2) is 0 Å². The molecule has 5 rings (SSSR count).